The van der Waals surface area contributed by atoms with Gasteiger partial charge in [-0.05, 0) is 25.0 Å². The molecule has 0 aliphatic heterocycles. The molecule has 0 amide bonds. The summed E-state index contributed by atoms with van der Waals surface area (Å²) in [5, 5.41) is 0. The van der Waals surface area contributed by atoms with E-state index in [2.05, 4.69) is 19.9 Å². The third-order valence-electron chi connectivity index (χ3n) is 3.69. The number of H-pyrrole nitrogens is 1. The van der Waals surface area contributed by atoms with E-state index in [1.165, 1.54) is 24.7 Å². The lowest BCUT2D eigenvalue weighted by Gasteiger charge is -2.11. The van der Waals surface area contributed by atoms with E-state index in [0.29, 0.717) is 28.6 Å². The molecule has 1 aromatic carbocycles. The Morgan fingerprint density at radius 3 is 2.48 bits per heavy atom. The van der Waals surface area contributed by atoms with Gasteiger partial charge in [-0.1, -0.05) is 0 Å². The van der Waals surface area contributed by atoms with E-state index in [-0.39, 0.29) is 21.3 Å². The molecule has 0 radical (unpaired) electrons. The molecular formula is C18H13IN4O4. The molecule has 2 aromatic heterocycles. The summed E-state index contributed by atoms with van der Waals surface area (Å²) in [4.78, 5) is 37.7. The van der Waals surface area contributed by atoms with Crippen molar-refractivity contribution in [3.8, 4) is 28.6 Å². The molecule has 0 saturated heterocycles. The Hall–Kier alpha value is -2.82. The lowest BCUT2D eigenvalue weighted by molar-refractivity contribution is 0.109. The van der Waals surface area contributed by atoms with E-state index in [0.717, 1.165) is 12.8 Å². The molecule has 0 spiro atoms. The fourth-order valence-electron chi connectivity index (χ4n) is 2.34. The number of halogens is 1. The summed E-state index contributed by atoms with van der Waals surface area (Å²) in [7, 11) is 0. The van der Waals surface area contributed by atoms with Crippen LogP contribution in [0.15, 0.2) is 47.7 Å². The van der Waals surface area contributed by atoms with Crippen molar-refractivity contribution in [3.05, 3.63) is 59.0 Å². The molecule has 1 saturated carbocycles. The highest BCUT2D eigenvalue weighted by molar-refractivity contribution is 14.1. The zero-order valence-corrected chi connectivity index (χ0v) is 16.0. The third-order valence-corrected chi connectivity index (χ3v) is 4.17. The number of carbonyl (C=O) groups excluding carboxylic acids is 1. The van der Waals surface area contributed by atoms with Gasteiger partial charge in [0.2, 0.25) is 5.82 Å². The van der Waals surface area contributed by atoms with Gasteiger partial charge in [0.05, 0.1) is 18.5 Å². The Morgan fingerprint density at radius 1 is 1.07 bits per heavy atom. The lowest BCUT2D eigenvalue weighted by atomic mass is 10.2. The molecule has 1 N–H and O–H groups in total. The van der Waals surface area contributed by atoms with Crippen molar-refractivity contribution in [2.75, 3.05) is 0 Å². The van der Waals surface area contributed by atoms with Crippen LogP contribution in [0.1, 0.15) is 23.5 Å². The summed E-state index contributed by atoms with van der Waals surface area (Å²) in [5.41, 5.74) is 0.407. The van der Waals surface area contributed by atoms with Crippen LogP contribution < -0.4 is 15.0 Å². The molecule has 0 atom stereocenters. The van der Waals surface area contributed by atoms with Crippen LogP contribution in [0.25, 0.3) is 11.4 Å². The van der Waals surface area contributed by atoms with Crippen LogP contribution in [0.2, 0.25) is 0 Å². The molecule has 1 aliphatic carbocycles. The second kappa shape index (κ2) is 7.43. The van der Waals surface area contributed by atoms with Gasteiger partial charge in [0.25, 0.3) is 9.35 Å². The second-order valence-electron chi connectivity index (χ2n) is 5.91. The highest BCUT2D eigenvalue weighted by atomic mass is 127. The van der Waals surface area contributed by atoms with E-state index in [4.69, 9.17) is 9.47 Å². The standard InChI is InChI=1S/C18H13IN4O4/c19-16(25)18-21-8-14(9-22-18)27-13-6-10(17-20-4-3-15(24)23-17)5-12(7-13)26-11-1-2-11/h3-9,11H,1-2H2,(H,20,23,24). The van der Waals surface area contributed by atoms with Gasteiger partial charge in [0.1, 0.15) is 17.3 Å². The van der Waals surface area contributed by atoms with Crippen molar-refractivity contribution in [2.45, 2.75) is 18.9 Å². The van der Waals surface area contributed by atoms with Crippen LogP contribution in [-0.4, -0.2) is 29.8 Å². The van der Waals surface area contributed by atoms with Crippen molar-refractivity contribution in [2.24, 2.45) is 0 Å². The molecule has 1 fully saturated rings. The molecule has 1 aliphatic rings. The zero-order chi connectivity index (χ0) is 18.8. The second-order valence-corrected chi connectivity index (χ2v) is 6.89. The van der Waals surface area contributed by atoms with Crippen molar-refractivity contribution in [1.29, 1.82) is 0 Å². The molecule has 2 heterocycles. The highest BCUT2D eigenvalue weighted by Gasteiger charge is 2.24. The first-order valence-electron chi connectivity index (χ1n) is 8.14. The zero-order valence-electron chi connectivity index (χ0n) is 13.9. The maximum absolute atomic E-state index is 11.6. The summed E-state index contributed by atoms with van der Waals surface area (Å²) >= 11 is 1.62. The number of rotatable bonds is 6. The Morgan fingerprint density at radius 2 is 1.81 bits per heavy atom. The number of ether oxygens (including phenoxy) is 2. The normalized spacial score (nSPS) is 13.2. The van der Waals surface area contributed by atoms with E-state index in [9.17, 15) is 9.59 Å². The largest absolute Gasteiger partial charge is 0.490 e. The number of carbonyl (C=O) groups is 1. The van der Waals surface area contributed by atoms with E-state index in [1.54, 1.807) is 40.8 Å². The Balaban J connectivity index is 1.67. The SMILES string of the molecule is O=C(I)c1ncc(Oc2cc(OC3CC3)cc(-c3nccc(=O)[nH]3)c2)cn1. The van der Waals surface area contributed by atoms with Crippen molar-refractivity contribution >= 4 is 26.4 Å². The molecule has 0 bridgehead atoms. The fraction of sp³-hybridized carbons (Fsp3) is 0.167. The monoisotopic (exact) mass is 476 g/mol. The molecule has 136 valence electrons. The summed E-state index contributed by atoms with van der Waals surface area (Å²) < 4.78 is 11.4. The van der Waals surface area contributed by atoms with E-state index >= 15 is 0 Å². The van der Waals surface area contributed by atoms with Gasteiger partial charge < -0.3 is 14.5 Å². The third kappa shape index (κ3) is 4.48. The number of hydrogen-bond acceptors (Lipinski definition) is 7. The lowest BCUT2D eigenvalue weighted by Crippen LogP contribution is -2.06. The van der Waals surface area contributed by atoms with Crippen LogP contribution in [0.5, 0.6) is 17.2 Å². The summed E-state index contributed by atoms with van der Waals surface area (Å²) in [6.45, 7) is 0. The van der Waals surface area contributed by atoms with Crippen LogP contribution in [0.4, 0.5) is 0 Å². The van der Waals surface area contributed by atoms with E-state index in [1.807, 2.05) is 0 Å². The number of aromatic nitrogens is 4. The summed E-state index contributed by atoms with van der Waals surface area (Å²) in [6, 6.07) is 6.63. The Bertz CT molecular complexity index is 1050. The first-order valence-corrected chi connectivity index (χ1v) is 9.22. The number of benzene rings is 1. The van der Waals surface area contributed by atoms with E-state index < -0.39 is 0 Å². The number of nitrogens with one attached hydrogen (secondary N) is 1. The van der Waals surface area contributed by atoms with Crippen molar-refractivity contribution in [1.82, 2.24) is 19.9 Å². The minimum absolute atomic E-state index is 0.112. The smallest absolute Gasteiger partial charge is 0.259 e. The number of nitrogens with zero attached hydrogens (tertiary/aromatic N) is 3. The average Bonchev–Trinajstić information content (AvgIpc) is 3.46. The minimum Gasteiger partial charge on any atom is -0.490 e. The maximum atomic E-state index is 11.6. The average molecular weight is 476 g/mol. The number of hydrogen-bond donors (Lipinski definition) is 1. The maximum Gasteiger partial charge on any atom is 0.259 e. The first-order chi connectivity index (χ1) is 13.1. The first kappa shape index (κ1) is 17.6. The van der Waals surface area contributed by atoms with Crippen LogP contribution >= 0.6 is 22.6 Å². The highest BCUT2D eigenvalue weighted by Crippen LogP contribution is 2.34. The summed E-state index contributed by atoms with van der Waals surface area (Å²) in [5.74, 6) is 2.00. The predicted octanol–water partition coefficient (Wildman–Crippen LogP) is 3.14. The Labute approximate surface area is 167 Å². The molecule has 3 aromatic rings. The van der Waals surface area contributed by atoms with Crippen LogP contribution in [-0.2, 0) is 0 Å². The molecule has 27 heavy (non-hydrogen) atoms. The topological polar surface area (TPSA) is 107 Å². The van der Waals surface area contributed by atoms with Gasteiger partial charge in [0, 0.05) is 46.5 Å². The van der Waals surface area contributed by atoms with Gasteiger partial charge in [-0.2, -0.15) is 0 Å². The van der Waals surface area contributed by atoms with Crippen LogP contribution in [0, 0.1) is 0 Å². The summed E-state index contributed by atoms with van der Waals surface area (Å²) in [6.07, 6.45) is 6.52. The minimum atomic E-state index is -0.250. The Kier molecular flexibility index (Phi) is 4.84. The fourth-order valence-corrected chi connectivity index (χ4v) is 2.62. The quantitative estimate of drug-likeness (QED) is 0.430. The predicted molar refractivity (Wildman–Crippen MR) is 104 cm³/mol. The van der Waals surface area contributed by atoms with Crippen LogP contribution in [0.3, 0.4) is 0 Å². The van der Waals surface area contributed by atoms with Crippen molar-refractivity contribution < 1.29 is 14.3 Å². The van der Waals surface area contributed by atoms with Gasteiger partial charge >= 0.3 is 0 Å². The molecular weight excluding hydrogens is 463 g/mol. The number of aromatic amines is 1. The molecule has 8 nitrogen and oxygen atoms in total. The van der Waals surface area contributed by atoms with Crippen molar-refractivity contribution in [3.63, 3.8) is 0 Å². The van der Waals surface area contributed by atoms with Gasteiger partial charge in [-0.3, -0.25) is 9.59 Å². The van der Waals surface area contributed by atoms with Gasteiger partial charge in [-0.15, -0.1) is 0 Å². The molecule has 9 heteroatoms. The molecule has 0 unspecified atom stereocenters. The van der Waals surface area contributed by atoms with Gasteiger partial charge in [-0.25, -0.2) is 15.0 Å². The molecule has 4 rings (SSSR count). The van der Waals surface area contributed by atoms with Gasteiger partial charge in [0.15, 0.2) is 5.75 Å².